The zero-order chi connectivity index (χ0) is 94.4. The van der Waals surface area contributed by atoms with E-state index in [0.717, 1.165) is 43.4 Å². The Morgan fingerprint density at radius 2 is 0.549 bits per heavy atom. The summed E-state index contributed by atoms with van der Waals surface area (Å²) in [6, 6.07) is 0. The fraction of sp³-hybridized carbons (Fsp3) is 1.00. The number of rotatable bonds is 10. The van der Waals surface area contributed by atoms with E-state index in [1.54, 1.807) is 69.2 Å². The van der Waals surface area contributed by atoms with Crippen LogP contribution in [0.3, 0.4) is 0 Å². The SMILES string of the molecule is CC(C)(C)C(C)(C)C(C)(C)C(F)(F)F.CC(C)(C)C(C)(C)C(F)(F)F.CC(C)C(C)(C)C(C)(C)C.CC(C)C(C)(C)C(C)C(F)(F)F.CC(C)[C@@H](C)C(C)(C)C.CC(C)[C@@H](C)C(C)C(F)(F)F.CC(C)[C@@H](C)C(C)C(F)(F)F.CC1CCC(C(F)(F)F)CC1.C[C@@H]1CCCC(C(F)(F)F)C1.C[C@H](C(C)(C)C)C(C)(C)C(F)(F)F. The molecule has 0 aromatic carbocycles. The molecule has 0 aliphatic heterocycles. The molecule has 0 amide bonds. The van der Waals surface area contributed by atoms with E-state index in [0.29, 0.717) is 47.8 Å². The lowest BCUT2D eigenvalue weighted by atomic mass is 9.55. The molecule has 24 heteroatoms. The van der Waals surface area contributed by atoms with Crippen LogP contribution in [0.15, 0.2) is 0 Å². The Kier molecular flexibility index (Phi) is 52.3. The lowest BCUT2D eigenvalue weighted by molar-refractivity contribution is -0.263. The highest BCUT2D eigenvalue weighted by Gasteiger charge is 2.60. The number of halogens is 24. The van der Waals surface area contributed by atoms with Gasteiger partial charge in [0, 0.05) is 0 Å². The van der Waals surface area contributed by atoms with Gasteiger partial charge in [-0.2, -0.15) is 105 Å². The van der Waals surface area contributed by atoms with E-state index in [-0.39, 0.29) is 46.3 Å². The largest absolute Gasteiger partial charge is 0.394 e. The summed E-state index contributed by atoms with van der Waals surface area (Å²) >= 11 is 0. The Hall–Kier alpha value is -1.68. The molecular formula is C89H170F24. The minimum atomic E-state index is -4.16. The molecule has 9 atom stereocenters. The van der Waals surface area contributed by atoms with Gasteiger partial charge in [0.25, 0.3) is 0 Å². The van der Waals surface area contributed by atoms with E-state index in [9.17, 15) is 105 Å². The van der Waals surface area contributed by atoms with Gasteiger partial charge < -0.3 is 0 Å². The van der Waals surface area contributed by atoms with E-state index in [4.69, 9.17) is 0 Å². The van der Waals surface area contributed by atoms with E-state index in [1.807, 2.05) is 96.9 Å². The standard InChI is InChI=1S/C11H21F3.C10H19F3.C10H22.C9H17F3.C9H20.2C8H13F3.3C8H15F3/c1-8(2,3)9(4,5)10(6,7)11(12,13)14;1-7(8(2,3)4)9(5,6)10(11,12)13;1-8(2)10(6,7)9(3,4)5;1-6(2)8(4,5)7(3)9(10,11)12;1-7(2)8(3)9(4,5)6;1-6-2-4-7(5-3-6)8(9,10)11;1-6-3-2-4-7(5-6)8(9,10)11;1-6(2,3)7(4,5)8(9,10)11;2*1-5(2)6(3)7(4)8(9,10)11/h1-7H3;7H,1-6H3;8H,1-7H3;6-7H,1-5H3;7-8H,1-6H3;2*6-7H,2-5H2,1H3;1-5H3;2*5-7H,1-4H3/t;7-;;;8-;;6-,7?;;2*6-,7?/m.1..1.1.11/s1. The molecule has 0 radical (unpaired) electrons. The van der Waals surface area contributed by atoms with Crippen LogP contribution in [0.5, 0.6) is 0 Å². The van der Waals surface area contributed by atoms with Crippen molar-refractivity contribution in [3.05, 3.63) is 0 Å². The summed E-state index contributed by atoms with van der Waals surface area (Å²) in [6.07, 6.45) is -27.9. The first-order chi connectivity index (χ1) is 48.3. The molecule has 0 aromatic rings. The highest BCUT2D eigenvalue weighted by atomic mass is 19.4. The molecule has 0 aromatic heterocycles. The van der Waals surface area contributed by atoms with E-state index < -0.39 is 117 Å². The highest BCUT2D eigenvalue weighted by molar-refractivity contribution is 4.98. The summed E-state index contributed by atoms with van der Waals surface area (Å²) in [4.78, 5) is 0. The third kappa shape index (κ3) is 46.2. The average Bonchev–Trinajstić information content (AvgIpc) is 0.750. The second kappa shape index (κ2) is 46.5. The van der Waals surface area contributed by atoms with Crippen molar-refractivity contribution < 1.29 is 105 Å². The van der Waals surface area contributed by atoms with Crippen LogP contribution in [0.2, 0.25) is 0 Å². The minimum absolute atomic E-state index is 0.0362. The topological polar surface area (TPSA) is 0 Å². The molecule has 0 bridgehead atoms. The van der Waals surface area contributed by atoms with Crippen LogP contribution in [0.1, 0.15) is 370 Å². The maximum Gasteiger partial charge on any atom is 0.394 e. The maximum atomic E-state index is 12.9. The summed E-state index contributed by atoms with van der Waals surface area (Å²) in [6.45, 7) is 83.6. The van der Waals surface area contributed by atoms with Gasteiger partial charge in [0.15, 0.2) is 0 Å². The number of alkyl halides is 24. The molecule has 113 heavy (non-hydrogen) atoms. The lowest BCUT2D eigenvalue weighted by Gasteiger charge is -2.51. The van der Waals surface area contributed by atoms with Crippen LogP contribution in [0, 0.1) is 154 Å². The zero-order valence-corrected chi connectivity index (χ0v) is 79.5. The molecule has 2 aliphatic rings. The van der Waals surface area contributed by atoms with Crippen LogP contribution in [-0.2, 0) is 0 Å². The normalized spacial score (nSPS) is 20.0. The smallest absolute Gasteiger partial charge is 0.171 e. The lowest BCUT2D eigenvalue weighted by Crippen LogP contribution is -2.51. The Morgan fingerprint density at radius 3 is 0.655 bits per heavy atom. The van der Waals surface area contributed by atoms with Crippen molar-refractivity contribution >= 4 is 0 Å². The van der Waals surface area contributed by atoms with Gasteiger partial charge >= 0.3 is 49.4 Å². The highest BCUT2D eigenvalue weighted by Crippen LogP contribution is 2.59. The Morgan fingerprint density at radius 1 is 0.248 bits per heavy atom. The Balaban J connectivity index is -0.000000181. The van der Waals surface area contributed by atoms with Crippen molar-refractivity contribution in [2.24, 2.45) is 154 Å². The first-order valence-corrected chi connectivity index (χ1v) is 40.9. The van der Waals surface area contributed by atoms with E-state index in [2.05, 4.69) is 90.0 Å². The molecule has 2 rings (SSSR count). The van der Waals surface area contributed by atoms with Gasteiger partial charge in [0.1, 0.15) is 0 Å². The van der Waals surface area contributed by atoms with Crippen molar-refractivity contribution in [1.82, 2.24) is 0 Å². The van der Waals surface area contributed by atoms with E-state index >= 15 is 0 Å². The molecule has 4 unspecified atom stereocenters. The predicted octanol–water partition coefficient (Wildman–Crippen LogP) is 37.1. The quantitative estimate of drug-likeness (QED) is 0.191. The van der Waals surface area contributed by atoms with Crippen LogP contribution >= 0.6 is 0 Å². The fourth-order valence-electron chi connectivity index (χ4n) is 10.9. The zero-order valence-electron chi connectivity index (χ0n) is 79.5. The van der Waals surface area contributed by atoms with Crippen LogP contribution in [0.25, 0.3) is 0 Å². The third-order valence-electron chi connectivity index (χ3n) is 28.3. The maximum absolute atomic E-state index is 12.9. The van der Waals surface area contributed by atoms with Gasteiger partial charge in [0.2, 0.25) is 0 Å². The van der Waals surface area contributed by atoms with Crippen molar-refractivity contribution in [1.29, 1.82) is 0 Å². The molecule has 0 heterocycles. The molecule has 0 spiro atoms. The van der Waals surface area contributed by atoms with Gasteiger partial charge in [0.05, 0.1) is 45.8 Å². The van der Waals surface area contributed by atoms with Crippen molar-refractivity contribution in [3.8, 4) is 0 Å². The predicted molar refractivity (Wildman–Crippen MR) is 429 cm³/mol. The van der Waals surface area contributed by atoms with Crippen molar-refractivity contribution in [2.75, 3.05) is 0 Å². The monoisotopic (exact) mass is 1700 g/mol. The number of hydrogen-bond acceptors (Lipinski definition) is 0. The first kappa shape index (κ1) is 127. The minimum Gasteiger partial charge on any atom is -0.171 e. The first-order valence-electron chi connectivity index (χ1n) is 40.9. The summed E-state index contributed by atoms with van der Waals surface area (Å²) in [5.74, 6) is -3.31. The molecule has 0 saturated heterocycles. The van der Waals surface area contributed by atoms with Gasteiger partial charge in [-0.3, -0.25) is 0 Å². The van der Waals surface area contributed by atoms with Gasteiger partial charge in [-0.05, 0) is 134 Å². The van der Waals surface area contributed by atoms with Crippen LogP contribution in [-0.4, -0.2) is 49.4 Å². The average molecular weight is 1700 g/mol. The number of hydrogen-bond donors (Lipinski definition) is 0. The molecule has 2 fully saturated rings. The molecule has 0 nitrogen and oxygen atoms in total. The second-order valence-corrected chi connectivity index (χ2v) is 43.3. The summed E-state index contributed by atoms with van der Waals surface area (Å²) < 4.78 is 295. The van der Waals surface area contributed by atoms with Crippen LogP contribution in [0.4, 0.5) is 105 Å². The van der Waals surface area contributed by atoms with E-state index in [1.165, 1.54) is 62.3 Å². The Labute approximate surface area is 676 Å². The molecule has 2 saturated carbocycles. The molecule has 694 valence electrons. The second-order valence-electron chi connectivity index (χ2n) is 43.3. The van der Waals surface area contributed by atoms with Crippen molar-refractivity contribution in [3.63, 3.8) is 0 Å². The van der Waals surface area contributed by atoms with Crippen LogP contribution < -0.4 is 0 Å². The Bertz CT molecular complexity index is 2350. The van der Waals surface area contributed by atoms with Gasteiger partial charge in [-0.25, -0.2) is 0 Å². The van der Waals surface area contributed by atoms with Gasteiger partial charge in [-0.15, -0.1) is 0 Å². The molecule has 0 N–H and O–H groups in total. The van der Waals surface area contributed by atoms with Crippen molar-refractivity contribution in [2.45, 2.75) is 419 Å². The summed E-state index contributed by atoms with van der Waals surface area (Å²) in [5, 5.41) is 0. The van der Waals surface area contributed by atoms with Gasteiger partial charge in [-0.1, -0.05) is 344 Å². The molecule has 2 aliphatic carbocycles. The fourth-order valence-corrected chi connectivity index (χ4v) is 10.9. The summed E-state index contributed by atoms with van der Waals surface area (Å²) in [7, 11) is 0. The summed E-state index contributed by atoms with van der Waals surface area (Å²) in [5.41, 5.74) is -6.53. The molecular weight excluding hydrogens is 1520 g/mol. The third-order valence-corrected chi connectivity index (χ3v) is 28.3.